The second kappa shape index (κ2) is 26.3. The van der Waals surface area contributed by atoms with E-state index in [1.165, 1.54) is 0 Å². The van der Waals surface area contributed by atoms with Gasteiger partial charge >= 0.3 is 0 Å². The zero-order chi connectivity index (χ0) is 73.7. The second-order valence-corrected chi connectivity index (χ2v) is 28.4. The standard InChI is InChI=1S/C102H62N8O2/c1-7-27-63(28-8-1)69-53-55-76-78-44-25-45-79(96(78)112-92(76)62-69)84-59-72(61-89-93(84)81-41-21-23-46-86(81)109(89)73-35-15-5-16-36-73)101-106-99(67-33-13-4-14-34-67)107-102(108-101)80-40-20-19-39-75(80)70-54-56-87-85(57-70)94-83(77-43-26-48-91-95(77)82-42-22-24-47-90(82)111-91)58-71(60-88(94)110(87)74-37-17-6-18-38-74)64-49-51-68(52-50-64)100-104-97(65-29-9-2-10-30-65)103-98(105-100)66-31-11-3-12-32-66/h1-62H. The van der Waals surface area contributed by atoms with Crippen molar-refractivity contribution in [1.82, 2.24) is 39.0 Å². The van der Waals surface area contributed by atoms with E-state index in [2.05, 4.69) is 294 Å². The molecular weight excluding hydrogens is 1370 g/mol. The minimum absolute atomic E-state index is 0.522. The zero-order valence-electron chi connectivity index (χ0n) is 60.2. The molecule has 6 aromatic heterocycles. The van der Waals surface area contributed by atoms with E-state index in [1.54, 1.807) is 0 Å². The van der Waals surface area contributed by atoms with Gasteiger partial charge in [0.25, 0.3) is 0 Å². The third-order valence-corrected chi connectivity index (χ3v) is 21.8. The maximum Gasteiger partial charge on any atom is 0.164 e. The predicted octanol–water partition coefficient (Wildman–Crippen LogP) is 26.4. The lowest BCUT2D eigenvalue weighted by Crippen LogP contribution is -2.02. The number of rotatable bonds is 13. The van der Waals surface area contributed by atoms with Gasteiger partial charge in [0.2, 0.25) is 0 Å². The number of aromatic nitrogens is 8. The van der Waals surface area contributed by atoms with E-state index >= 15 is 0 Å². The highest BCUT2D eigenvalue weighted by Gasteiger charge is 2.27. The Balaban J connectivity index is 0.745. The van der Waals surface area contributed by atoms with Gasteiger partial charge in [-0.25, -0.2) is 29.9 Å². The summed E-state index contributed by atoms with van der Waals surface area (Å²) >= 11 is 0. The molecule has 522 valence electrons. The number of fused-ring (bicyclic) bond motifs is 12. The fraction of sp³-hybridized carbons (Fsp3) is 0. The first kappa shape index (κ1) is 64.0. The zero-order valence-corrected chi connectivity index (χ0v) is 60.2. The molecule has 0 aliphatic carbocycles. The summed E-state index contributed by atoms with van der Waals surface area (Å²) in [6, 6.07) is 132. The number of hydrogen-bond donors (Lipinski definition) is 0. The van der Waals surface area contributed by atoms with Crippen molar-refractivity contribution in [3.05, 3.63) is 376 Å². The molecule has 0 saturated heterocycles. The minimum Gasteiger partial charge on any atom is -0.456 e. The Morgan fingerprint density at radius 2 is 0.598 bits per heavy atom. The number of benzene rings is 16. The normalized spacial score (nSPS) is 11.8. The van der Waals surface area contributed by atoms with E-state index < -0.39 is 0 Å². The topological polar surface area (TPSA) is 113 Å². The summed E-state index contributed by atoms with van der Waals surface area (Å²) in [6.45, 7) is 0. The highest BCUT2D eigenvalue weighted by atomic mass is 16.3. The van der Waals surface area contributed by atoms with Crippen LogP contribution in [0.4, 0.5) is 0 Å². The van der Waals surface area contributed by atoms with E-state index in [-0.39, 0.29) is 0 Å². The van der Waals surface area contributed by atoms with Gasteiger partial charge in [-0.15, -0.1) is 0 Å². The summed E-state index contributed by atoms with van der Waals surface area (Å²) in [5.74, 6) is 3.41. The van der Waals surface area contributed by atoms with Crippen molar-refractivity contribution in [2.24, 2.45) is 0 Å². The molecule has 0 aliphatic heterocycles. The molecule has 6 heterocycles. The summed E-state index contributed by atoms with van der Waals surface area (Å²) in [6.07, 6.45) is 0. The van der Waals surface area contributed by atoms with Crippen molar-refractivity contribution < 1.29 is 8.83 Å². The highest BCUT2D eigenvalue weighted by molar-refractivity contribution is 6.23. The fourth-order valence-electron chi connectivity index (χ4n) is 16.7. The van der Waals surface area contributed by atoms with E-state index in [0.717, 1.165) is 188 Å². The first-order valence-electron chi connectivity index (χ1n) is 37.6. The van der Waals surface area contributed by atoms with Gasteiger partial charge < -0.3 is 18.0 Å². The molecule has 22 aromatic rings. The van der Waals surface area contributed by atoms with Crippen molar-refractivity contribution in [3.8, 4) is 135 Å². The van der Waals surface area contributed by atoms with Crippen molar-refractivity contribution in [3.63, 3.8) is 0 Å². The lowest BCUT2D eigenvalue weighted by molar-refractivity contribution is 0.669. The van der Waals surface area contributed by atoms with Gasteiger partial charge in [-0.05, 0) is 141 Å². The van der Waals surface area contributed by atoms with Crippen LogP contribution >= 0.6 is 0 Å². The van der Waals surface area contributed by atoms with Gasteiger partial charge in [-0.2, -0.15) is 0 Å². The molecule has 0 N–H and O–H groups in total. The Labute approximate surface area is 642 Å². The van der Waals surface area contributed by atoms with Crippen molar-refractivity contribution in [2.75, 3.05) is 0 Å². The summed E-state index contributed by atoms with van der Waals surface area (Å²) in [7, 11) is 0. The van der Waals surface area contributed by atoms with Gasteiger partial charge in [0.1, 0.15) is 22.3 Å². The molecule has 0 saturated carbocycles. The fourth-order valence-corrected chi connectivity index (χ4v) is 16.7. The van der Waals surface area contributed by atoms with Crippen LogP contribution in [-0.4, -0.2) is 39.0 Å². The minimum atomic E-state index is 0.522. The third-order valence-electron chi connectivity index (χ3n) is 21.8. The molecule has 0 amide bonds. The van der Waals surface area contributed by atoms with Gasteiger partial charge in [0.05, 0.1) is 22.1 Å². The van der Waals surface area contributed by atoms with Gasteiger partial charge in [-0.3, -0.25) is 0 Å². The average Bonchev–Trinajstić information content (AvgIpc) is 1.56. The number of nitrogens with zero attached hydrogens (tertiary/aromatic N) is 8. The quantitative estimate of drug-likeness (QED) is 0.112. The third kappa shape index (κ3) is 10.8. The van der Waals surface area contributed by atoms with E-state index in [1.807, 2.05) is 91.0 Å². The van der Waals surface area contributed by atoms with Crippen LogP contribution in [0.2, 0.25) is 0 Å². The molecule has 22 rings (SSSR count). The van der Waals surface area contributed by atoms with Gasteiger partial charge in [0, 0.05) is 93.4 Å². The van der Waals surface area contributed by atoms with E-state index in [9.17, 15) is 0 Å². The van der Waals surface area contributed by atoms with Crippen molar-refractivity contribution >= 4 is 87.5 Å². The molecule has 0 spiro atoms. The molecule has 0 bridgehead atoms. The molecule has 16 aromatic carbocycles. The summed E-state index contributed by atoms with van der Waals surface area (Å²) in [5.41, 5.74) is 25.0. The molecule has 0 unspecified atom stereocenters. The van der Waals surface area contributed by atoms with Crippen LogP contribution in [0.5, 0.6) is 0 Å². The average molecular weight is 1430 g/mol. The Hall–Kier alpha value is -15.3. The molecule has 10 heteroatoms. The van der Waals surface area contributed by atoms with Crippen molar-refractivity contribution in [2.45, 2.75) is 0 Å². The SMILES string of the molecule is c1ccc(-c2ccc3c(c2)oc2c(-c4cc(-c5nc(-c6ccccc6)nc(-c6ccccc6-c6ccc7c(c6)c6c(-c8cccc9oc%10ccccc%10c89)cc(-c8ccc(-c9nc(-c%10ccccc%10)nc(-c%10ccccc%10)n9)cc8)cc6n7-c6ccccc6)n5)cc5c4c4ccccc4n5-c4ccccc4)cccc23)cc1. The van der Waals surface area contributed by atoms with Gasteiger partial charge in [0.15, 0.2) is 34.9 Å². The van der Waals surface area contributed by atoms with Crippen LogP contribution in [-0.2, 0) is 0 Å². The van der Waals surface area contributed by atoms with Crippen LogP contribution in [0.25, 0.3) is 223 Å². The Bertz CT molecular complexity index is 7410. The lowest BCUT2D eigenvalue weighted by Gasteiger charge is -2.14. The highest BCUT2D eigenvalue weighted by Crippen LogP contribution is 2.49. The monoisotopic (exact) mass is 1430 g/mol. The number of furan rings is 2. The largest absolute Gasteiger partial charge is 0.456 e. The Morgan fingerprint density at radius 1 is 0.179 bits per heavy atom. The molecule has 0 aliphatic rings. The molecule has 112 heavy (non-hydrogen) atoms. The molecular formula is C102H62N8O2. The summed E-state index contributed by atoms with van der Waals surface area (Å²) in [5, 5.41) is 8.53. The van der Waals surface area contributed by atoms with Gasteiger partial charge in [-0.1, -0.05) is 285 Å². The van der Waals surface area contributed by atoms with Crippen LogP contribution in [0.1, 0.15) is 0 Å². The first-order chi connectivity index (χ1) is 55.5. The summed E-state index contributed by atoms with van der Waals surface area (Å²) in [4.78, 5) is 31.9. The lowest BCUT2D eigenvalue weighted by atomic mass is 9.91. The molecule has 0 atom stereocenters. The van der Waals surface area contributed by atoms with Crippen LogP contribution in [0.3, 0.4) is 0 Å². The Morgan fingerprint density at radius 3 is 1.24 bits per heavy atom. The maximum atomic E-state index is 7.15. The van der Waals surface area contributed by atoms with E-state index in [4.69, 9.17) is 38.7 Å². The molecule has 10 nitrogen and oxygen atoms in total. The van der Waals surface area contributed by atoms with Crippen LogP contribution in [0.15, 0.2) is 385 Å². The maximum absolute atomic E-state index is 7.15. The number of hydrogen-bond acceptors (Lipinski definition) is 8. The van der Waals surface area contributed by atoms with Crippen LogP contribution < -0.4 is 0 Å². The Kier molecular flexibility index (Phi) is 15.0. The second-order valence-electron chi connectivity index (χ2n) is 28.4. The molecule has 0 radical (unpaired) electrons. The van der Waals surface area contributed by atoms with Crippen LogP contribution in [0, 0.1) is 0 Å². The predicted molar refractivity (Wildman–Crippen MR) is 456 cm³/mol. The van der Waals surface area contributed by atoms with E-state index in [0.29, 0.717) is 34.9 Å². The smallest absolute Gasteiger partial charge is 0.164 e. The molecule has 0 fully saturated rings. The van der Waals surface area contributed by atoms with Crippen molar-refractivity contribution in [1.29, 1.82) is 0 Å². The summed E-state index contributed by atoms with van der Waals surface area (Å²) < 4.78 is 18.6. The first-order valence-corrected chi connectivity index (χ1v) is 37.6. The number of para-hydroxylation sites is 5.